The SMILES string of the molecule is COc1ccc(Cl)cc1CN1CCN(C(=O)[C@@H]2CCCN[C@@H]2C)CC1. The zero-order chi connectivity index (χ0) is 17.8. The van der Waals surface area contributed by atoms with Crippen molar-refractivity contribution in [2.45, 2.75) is 32.4 Å². The van der Waals surface area contributed by atoms with Gasteiger partial charge in [-0.3, -0.25) is 9.69 Å². The molecule has 0 radical (unpaired) electrons. The molecule has 2 saturated heterocycles. The largest absolute Gasteiger partial charge is 0.496 e. The average Bonchev–Trinajstić information content (AvgIpc) is 2.62. The van der Waals surface area contributed by atoms with E-state index in [1.165, 1.54) is 0 Å². The van der Waals surface area contributed by atoms with Crippen LogP contribution in [0.15, 0.2) is 18.2 Å². The molecule has 2 atom stereocenters. The van der Waals surface area contributed by atoms with E-state index >= 15 is 0 Å². The van der Waals surface area contributed by atoms with Crippen LogP contribution >= 0.6 is 11.6 Å². The Bertz CT molecular complexity index is 602. The van der Waals surface area contributed by atoms with Crippen LogP contribution in [0.5, 0.6) is 5.75 Å². The van der Waals surface area contributed by atoms with E-state index in [2.05, 4.69) is 17.1 Å². The summed E-state index contributed by atoms with van der Waals surface area (Å²) in [7, 11) is 1.68. The van der Waals surface area contributed by atoms with Gasteiger partial charge in [-0.1, -0.05) is 11.6 Å². The molecular formula is C19H28ClN3O2. The topological polar surface area (TPSA) is 44.8 Å². The van der Waals surface area contributed by atoms with Gasteiger partial charge in [-0.25, -0.2) is 0 Å². The van der Waals surface area contributed by atoms with Gasteiger partial charge in [0.05, 0.1) is 13.0 Å². The average molecular weight is 366 g/mol. The molecule has 0 aromatic heterocycles. The van der Waals surface area contributed by atoms with E-state index < -0.39 is 0 Å². The molecule has 25 heavy (non-hydrogen) atoms. The van der Waals surface area contributed by atoms with Gasteiger partial charge in [-0.15, -0.1) is 0 Å². The van der Waals surface area contributed by atoms with E-state index in [9.17, 15) is 4.79 Å². The Morgan fingerprint density at radius 3 is 2.76 bits per heavy atom. The molecule has 3 rings (SSSR count). The summed E-state index contributed by atoms with van der Waals surface area (Å²) in [6.45, 7) is 7.32. The molecule has 5 nitrogen and oxygen atoms in total. The highest BCUT2D eigenvalue weighted by Gasteiger charge is 2.32. The molecule has 2 heterocycles. The van der Waals surface area contributed by atoms with Crippen LogP contribution in [0.25, 0.3) is 0 Å². The van der Waals surface area contributed by atoms with Crippen LogP contribution in [0, 0.1) is 5.92 Å². The molecule has 2 fully saturated rings. The van der Waals surface area contributed by atoms with Crippen LogP contribution in [0.4, 0.5) is 0 Å². The maximum absolute atomic E-state index is 12.8. The van der Waals surface area contributed by atoms with Crippen molar-refractivity contribution in [2.24, 2.45) is 5.92 Å². The van der Waals surface area contributed by atoms with Crippen molar-refractivity contribution in [3.8, 4) is 5.75 Å². The molecule has 0 unspecified atom stereocenters. The summed E-state index contributed by atoms with van der Waals surface area (Å²) in [5.74, 6) is 1.32. The molecule has 1 amide bonds. The zero-order valence-electron chi connectivity index (χ0n) is 15.1. The molecule has 0 saturated carbocycles. The summed E-state index contributed by atoms with van der Waals surface area (Å²) in [5.41, 5.74) is 1.10. The number of hydrogen-bond acceptors (Lipinski definition) is 4. The fourth-order valence-corrected chi connectivity index (χ4v) is 4.05. The Hall–Kier alpha value is -1.30. The van der Waals surface area contributed by atoms with Crippen molar-refractivity contribution in [3.63, 3.8) is 0 Å². The second-order valence-corrected chi connectivity index (χ2v) is 7.49. The number of carbonyl (C=O) groups is 1. The number of halogens is 1. The summed E-state index contributed by atoms with van der Waals surface area (Å²) in [5, 5.41) is 4.15. The van der Waals surface area contributed by atoms with Gasteiger partial charge in [0.15, 0.2) is 0 Å². The lowest BCUT2D eigenvalue weighted by atomic mass is 9.90. The molecular weight excluding hydrogens is 338 g/mol. The monoisotopic (exact) mass is 365 g/mol. The number of nitrogens with zero attached hydrogens (tertiary/aromatic N) is 2. The zero-order valence-corrected chi connectivity index (χ0v) is 15.9. The van der Waals surface area contributed by atoms with Crippen molar-refractivity contribution < 1.29 is 9.53 Å². The lowest BCUT2D eigenvalue weighted by Crippen LogP contribution is -2.53. The van der Waals surface area contributed by atoms with Gasteiger partial charge in [0.2, 0.25) is 5.91 Å². The van der Waals surface area contributed by atoms with Gasteiger partial charge in [-0.05, 0) is 44.5 Å². The first-order valence-corrected chi connectivity index (χ1v) is 9.53. The maximum Gasteiger partial charge on any atom is 0.227 e. The van der Waals surface area contributed by atoms with E-state index in [1.807, 2.05) is 23.1 Å². The molecule has 2 aliphatic rings. The summed E-state index contributed by atoms with van der Waals surface area (Å²) < 4.78 is 5.44. The first-order chi connectivity index (χ1) is 12.1. The van der Waals surface area contributed by atoms with Crippen LogP contribution in [0.3, 0.4) is 0 Å². The number of amides is 1. The second-order valence-electron chi connectivity index (χ2n) is 7.05. The van der Waals surface area contributed by atoms with Crippen LogP contribution in [-0.2, 0) is 11.3 Å². The highest BCUT2D eigenvalue weighted by molar-refractivity contribution is 6.30. The van der Waals surface area contributed by atoms with Gasteiger partial charge in [0.25, 0.3) is 0 Å². The highest BCUT2D eigenvalue weighted by Crippen LogP contribution is 2.25. The number of piperidine rings is 1. The Balaban J connectivity index is 1.55. The number of benzene rings is 1. The van der Waals surface area contributed by atoms with Gasteiger partial charge in [-0.2, -0.15) is 0 Å². The van der Waals surface area contributed by atoms with Crippen molar-refractivity contribution in [3.05, 3.63) is 28.8 Å². The first kappa shape index (κ1) is 18.5. The third-order valence-corrected chi connectivity index (χ3v) is 5.63. The van der Waals surface area contributed by atoms with Crippen molar-refractivity contribution >= 4 is 17.5 Å². The predicted molar refractivity (Wildman–Crippen MR) is 100 cm³/mol. The molecule has 0 bridgehead atoms. The molecule has 138 valence electrons. The lowest BCUT2D eigenvalue weighted by Gasteiger charge is -2.39. The van der Waals surface area contributed by atoms with Crippen molar-refractivity contribution in [2.75, 3.05) is 39.8 Å². The van der Waals surface area contributed by atoms with E-state index in [0.29, 0.717) is 5.91 Å². The van der Waals surface area contributed by atoms with Crippen LogP contribution in [0.2, 0.25) is 5.02 Å². The normalized spacial score (nSPS) is 25.0. The summed E-state index contributed by atoms with van der Waals surface area (Å²) >= 11 is 6.12. The summed E-state index contributed by atoms with van der Waals surface area (Å²) in [6, 6.07) is 6.01. The third kappa shape index (κ3) is 4.46. The molecule has 0 spiro atoms. The number of piperazine rings is 1. The third-order valence-electron chi connectivity index (χ3n) is 5.40. The number of ether oxygens (including phenoxy) is 1. The fraction of sp³-hybridized carbons (Fsp3) is 0.632. The number of carbonyl (C=O) groups excluding carboxylic acids is 1. The highest BCUT2D eigenvalue weighted by atomic mass is 35.5. The standard InChI is InChI=1S/C19H28ClN3O2/c1-14-17(4-3-7-21-14)19(24)23-10-8-22(9-11-23)13-15-12-16(20)5-6-18(15)25-2/h5-6,12,14,17,21H,3-4,7-11,13H2,1-2H3/t14-,17-/m1/s1. The molecule has 6 heteroatoms. The predicted octanol–water partition coefficient (Wildman–Crippen LogP) is 2.38. The molecule has 2 aliphatic heterocycles. The maximum atomic E-state index is 12.8. The number of hydrogen-bond donors (Lipinski definition) is 1. The quantitative estimate of drug-likeness (QED) is 0.889. The first-order valence-electron chi connectivity index (χ1n) is 9.15. The molecule has 1 aromatic rings. The lowest BCUT2D eigenvalue weighted by molar-refractivity contribution is -0.139. The van der Waals surface area contributed by atoms with Crippen LogP contribution in [-0.4, -0.2) is 61.6 Å². The van der Waals surface area contributed by atoms with Crippen molar-refractivity contribution in [1.29, 1.82) is 0 Å². The minimum absolute atomic E-state index is 0.133. The van der Waals surface area contributed by atoms with E-state index in [0.717, 1.165) is 68.4 Å². The van der Waals surface area contributed by atoms with Crippen LogP contribution < -0.4 is 10.1 Å². The van der Waals surface area contributed by atoms with Crippen molar-refractivity contribution in [1.82, 2.24) is 15.1 Å². The Morgan fingerprint density at radius 1 is 1.32 bits per heavy atom. The number of methoxy groups -OCH3 is 1. The van der Waals surface area contributed by atoms with E-state index in [4.69, 9.17) is 16.3 Å². The molecule has 1 aromatic carbocycles. The fourth-order valence-electron chi connectivity index (χ4n) is 3.85. The summed E-state index contributed by atoms with van der Waals surface area (Å²) in [4.78, 5) is 17.2. The van der Waals surface area contributed by atoms with Crippen LogP contribution in [0.1, 0.15) is 25.3 Å². The minimum atomic E-state index is 0.133. The number of nitrogens with one attached hydrogen (secondary N) is 1. The van der Waals surface area contributed by atoms with Gasteiger partial charge >= 0.3 is 0 Å². The van der Waals surface area contributed by atoms with Gasteiger partial charge in [0, 0.05) is 49.4 Å². The summed E-state index contributed by atoms with van der Waals surface area (Å²) in [6.07, 6.45) is 2.10. The Morgan fingerprint density at radius 2 is 2.08 bits per heavy atom. The van der Waals surface area contributed by atoms with E-state index in [1.54, 1.807) is 7.11 Å². The Kier molecular flexibility index (Phi) is 6.20. The molecule has 1 N–H and O–H groups in total. The number of rotatable bonds is 4. The minimum Gasteiger partial charge on any atom is -0.496 e. The molecule has 0 aliphatic carbocycles. The van der Waals surface area contributed by atoms with Gasteiger partial charge < -0.3 is 15.0 Å². The Labute approximate surface area is 155 Å². The van der Waals surface area contributed by atoms with Gasteiger partial charge in [0.1, 0.15) is 5.75 Å². The second kappa shape index (κ2) is 8.39. The van der Waals surface area contributed by atoms with E-state index in [-0.39, 0.29) is 12.0 Å². The smallest absolute Gasteiger partial charge is 0.227 e.